The summed E-state index contributed by atoms with van der Waals surface area (Å²) in [7, 11) is 0. The molecular weight excluding hydrogens is 278 g/mol. The topological polar surface area (TPSA) is 91.3 Å². The van der Waals surface area contributed by atoms with Crippen LogP contribution in [0, 0.1) is 11.3 Å². The van der Waals surface area contributed by atoms with E-state index < -0.39 is 5.97 Å². The first kappa shape index (κ1) is 13.4. The van der Waals surface area contributed by atoms with Crippen LogP contribution in [0.4, 0.5) is 4.79 Å². The third-order valence-corrected chi connectivity index (χ3v) is 4.96. The van der Waals surface area contributed by atoms with Crippen molar-refractivity contribution in [2.75, 3.05) is 6.54 Å². The molecule has 0 aromatic carbocycles. The summed E-state index contributed by atoms with van der Waals surface area (Å²) < 4.78 is 0. The van der Waals surface area contributed by atoms with E-state index in [0.29, 0.717) is 10.4 Å². The lowest BCUT2D eigenvalue weighted by Crippen LogP contribution is -2.38. The third-order valence-electron chi connectivity index (χ3n) is 4.11. The van der Waals surface area contributed by atoms with Gasteiger partial charge in [0.1, 0.15) is 5.01 Å². The van der Waals surface area contributed by atoms with Gasteiger partial charge in [-0.3, -0.25) is 0 Å². The second kappa shape index (κ2) is 5.05. The number of rotatable bonds is 6. The molecule has 7 heteroatoms. The van der Waals surface area contributed by atoms with Crippen molar-refractivity contribution in [3.8, 4) is 0 Å². The van der Waals surface area contributed by atoms with Gasteiger partial charge < -0.3 is 15.7 Å². The molecule has 3 rings (SSSR count). The van der Waals surface area contributed by atoms with Gasteiger partial charge in [-0.15, -0.1) is 11.3 Å². The number of aromatic carboxylic acids is 1. The van der Waals surface area contributed by atoms with E-state index in [9.17, 15) is 9.59 Å². The van der Waals surface area contributed by atoms with Gasteiger partial charge in [0.25, 0.3) is 0 Å². The highest BCUT2D eigenvalue weighted by molar-refractivity contribution is 7.09. The Hall–Kier alpha value is -1.63. The number of amides is 2. The molecule has 2 saturated carbocycles. The van der Waals surface area contributed by atoms with Gasteiger partial charge in [0.05, 0.1) is 6.54 Å². The van der Waals surface area contributed by atoms with E-state index in [1.165, 1.54) is 42.4 Å². The minimum absolute atomic E-state index is 0.0258. The first-order valence-electron chi connectivity index (χ1n) is 6.78. The van der Waals surface area contributed by atoms with Crippen LogP contribution in [-0.4, -0.2) is 28.6 Å². The van der Waals surface area contributed by atoms with Crippen molar-refractivity contribution < 1.29 is 14.7 Å². The molecule has 2 aliphatic rings. The van der Waals surface area contributed by atoms with Crippen molar-refractivity contribution >= 4 is 23.3 Å². The van der Waals surface area contributed by atoms with Crippen molar-refractivity contribution in [1.29, 1.82) is 0 Å². The predicted octanol–water partition coefficient (Wildman–Crippen LogP) is 1.83. The minimum atomic E-state index is -1.04. The Morgan fingerprint density at radius 2 is 2.15 bits per heavy atom. The van der Waals surface area contributed by atoms with Crippen molar-refractivity contribution in [3.63, 3.8) is 0 Å². The number of hydrogen-bond acceptors (Lipinski definition) is 4. The van der Waals surface area contributed by atoms with E-state index in [1.807, 2.05) is 0 Å². The van der Waals surface area contributed by atoms with Crippen LogP contribution in [0.3, 0.4) is 0 Å². The summed E-state index contributed by atoms with van der Waals surface area (Å²) in [6, 6.07) is -0.205. The van der Waals surface area contributed by atoms with Crippen LogP contribution in [0.15, 0.2) is 5.38 Å². The van der Waals surface area contributed by atoms with Crippen LogP contribution >= 0.6 is 11.3 Å². The smallest absolute Gasteiger partial charge is 0.355 e. The van der Waals surface area contributed by atoms with Crippen LogP contribution in [0.2, 0.25) is 0 Å². The molecule has 0 saturated heterocycles. The molecule has 3 N–H and O–H groups in total. The van der Waals surface area contributed by atoms with E-state index in [1.54, 1.807) is 0 Å². The SMILES string of the molecule is O=C(NCc1nc(C(=O)O)cs1)NCC1(C2CC2)CC1. The lowest BCUT2D eigenvalue weighted by Gasteiger charge is -2.15. The van der Waals surface area contributed by atoms with Crippen LogP contribution in [0.5, 0.6) is 0 Å². The van der Waals surface area contributed by atoms with Gasteiger partial charge in [-0.25, -0.2) is 14.6 Å². The van der Waals surface area contributed by atoms with Gasteiger partial charge in [0.2, 0.25) is 0 Å². The highest BCUT2D eigenvalue weighted by Crippen LogP contribution is 2.60. The Labute approximate surface area is 120 Å². The van der Waals surface area contributed by atoms with Crippen molar-refractivity contribution in [1.82, 2.24) is 15.6 Å². The summed E-state index contributed by atoms with van der Waals surface area (Å²) in [5.41, 5.74) is 0.410. The lowest BCUT2D eigenvalue weighted by atomic mass is 10.0. The van der Waals surface area contributed by atoms with Gasteiger partial charge >= 0.3 is 12.0 Å². The number of urea groups is 1. The number of hydrogen-bond donors (Lipinski definition) is 3. The fourth-order valence-corrected chi connectivity index (χ4v) is 3.26. The molecule has 20 heavy (non-hydrogen) atoms. The van der Waals surface area contributed by atoms with E-state index >= 15 is 0 Å². The zero-order valence-electron chi connectivity index (χ0n) is 11.0. The van der Waals surface area contributed by atoms with Gasteiger partial charge in [0.15, 0.2) is 5.69 Å². The maximum Gasteiger partial charge on any atom is 0.355 e. The summed E-state index contributed by atoms with van der Waals surface area (Å²) in [6.45, 7) is 1.02. The molecule has 0 aliphatic heterocycles. The standard InChI is InChI=1S/C13H17N3O3S/c17-11(18)9-6-20-10(16-9)5-14-12(19)15-7-13(3-4-13)8-1-2-8/h6,8H,1-5,7H2,(H,17,18)(H2,14,15,19). The Kier molecular flexibility index (Phi) is 3.37. The molecule has 0 unspecified atom stereocenters. The van der Waals surface area contributed by atoms with E-state index in [2.05, 4.69) is 15.6 Å². The number of nitrogens with zero attached hydrogens (tertiary/aromatic N) is 1. The summed E-state index contributed by atoms with van der Waals surface area (Å²) in [5.74, 6) is -0.225. The fraction of sp³-hybridized carbons (Fsp3) is 0.615. The summed E-state index contributed by atoms with van der Waals surface area (Å²) >= 11 is 1.24. The van der Waals surface area contributed by atoms with Crippen LogP contribution in [0.25, 0.3) is 0 Å². The Morgan fingerprint density at radius 1 is 1.40 bits per heavy atom. The average molecular weight is 295 g/mol. The number of thiazole rings is 1. The Bertz CT molecular complexity index is 535. The number of aromatic nitrogens is 1. The van der Waals surface area contributed by atoms with E-state index in [4.69, 9.17) is 5.11 Å². The Balaban J connectivity index is 1.41. The third kappa shape index (κ3) is 2.92. The molecule has 6 nitrogen and oxygen atoms in total. The van der Waals surface area contributed by atoms with Crippen molar-refractivity contribution in [2.24, 2.45) is 11.3 Å². The molecule has 1 aromatic heterocycles. The molecule has 1 aromatic rings. The first-order chi connectivity index (χ1) is 9.59. The first-order valence-corrected chi connectivity index (χ1v) is 7.66. The fourth-order valence-electron chi connectivity index (χ4n) is 2.55. The maximum absolute atomic E-state index is 11.7. The zero-order chi connectivity index (χ0) is 14.2. The number of carboxylic acid groups (broad SMARTS) is 1. The molecule has 1 heterocycles. The normalized spacial score (nSPS) is 19.4. The van der Waals surface area contributed by atoms with Crippen LogP contribution in [0.1, 0.15) is 41.2 Å². The molecule has 2 aliphatic carbocycles. The molecule has 108 valence electrons. The molecule has 2 amide bonds. The van der Waals surface area contributed by atoms with Crippen molar-refractivity contribution in [2.45, 2.75) is 32.2 Å². The quantitative estimate of drug-likeness (QED) is 0.746. The number of carboxylic acids is 1. The lowest BCUT2D eigenvalue weighted by molar-refractivity contribution is 0.0691. The van der Waals surface area contributed by atoms with E-state index in [0.717, 1.165) is 12.5 Å². The molecule has 0 radical (unpaired) electrons. The van der Waals surface area contributed by atoms with Crippen molar-refractivity contribution in [3.05, 3.63) is 16.1 Å². The van der Waals surface area contributed by atoms with Gasteiger partial charge in [-0.05, 0) is 37.0 Å². The minimum Gasteiger partial charge on any atom is -0.476 e. The summed E-state index contributed by atoms with van der Waals surface area (Å²) in [4.78, 5) is 26.3. The van der Waals surface area contributed by atoms with Crippen LogP contribution < -0.4 is 10.6 Å². The Morgan fingerprint density at radius 3 is 2.70 bits per heavy atom. The molecule has 0 spiro atoms. The number of carbonyl (C=O) groups excluding carboxylic acids is 1. The number of carbonyl (C=O) groups is 2. The second-order valence-electron chi connectivity index (χ2n) is 5.60. The highest BCUT2D eigenvalue weighted by atomic mass is 32.1. The van der Waals surface area contributed by atoms with Crippen LogP contribution in [-0.2, 0) is 6.54 Å². The zero-order valence-corrected chi connectivity index (χ0v) is 11.8. The second-order valence-corrected chi connectivity index (χ2v) is 6.55. The summed E-state index contributed by atoms with van der Waals surface area (Å²) in [6.07, 6.45) is 5.07. The largest absolute Gasteiger partial charge is 0.476 e. The summed E-state index contributed by atoms with van der Waals surface area (Å²) in [5, 5.41) is 16.5. The monoisotopic (exact) mass is 295 g/mol. The number of nitrogens with one attached hydrogen (secondary N) is 2. The molecule has 0 atom stereocenters. The highest BCUT2D eigenvalue weighted by Gasteiger charge is 2.53. The molecular formula is C13H17N3O3S. The van der Waals surface area contributed by atoms with Gasteiger partial charge in [0, 0.05) is 11.9 Å². The molecule has 2 fully saturated rings. The molecule has 0 bridgehead atoms. The van der Waals surface area contributed by atoms with Gasteiger partial charge in [-0.2, -0.15) is 0 Å². The van der Waals surface area contributed by atoms with Gasteiger partial charge in [-0.1, -0.05) is 0 Å². The van der Waals surface area contributed by atoms with E-state index in [-0.39, 0.29) is 18.3 Å². The average Bonchev–Trinajstić information content (AvgIpc) is 3.31. The maximum atomic E-state index is 11.7. The predicted molar refractivity (Wildman–Crippen MR) is 73.7 cm³/mol.